The summed E-state index contributed by atoms with van der Waals surface area (Å²) in [7, 11) is 1.64. The van der Waals surface area contributed by atoms with Gasteiger partial charge < -0.3 is 15.4 Å². The van der Waals surface area contributed by atoms with Crippen LogP contribution < -0.4 is 15.4 Å². The molecule has 1 atom stereocenters. The quantitative estimate of drug-likeness (QED) is 0.869. The normalized spacial score (nSPS) is 17.3. The van der Waals surface area contributed by atoms with Gasteiger partial charge in [-0.25, -0.2) is 0 Å². The Morgan fingerprint density at radius 3 is 2.75 bits per heavy atom. The predicted molar refractivity (Wildman–Crippen MR) is 81.1 cm³/mol. The fourth-order valence-corrected chi connectivity index (χ4v) is 2.60. The van der Waals surface area contributed by atoms with Crippen LogP contribution in [0.5, 0.6) is 5.75 Å². The summed E-state index contributed by atoms with van der Waals surface area (Å²) < 4.78 is 5.18. The van der Waals surface area contributed by atoms with Crippen LogP contribution in [0.3, 0.4) is 0 Å². The first-order valence-electron chi connectivity index (χ1n) is 7.40. The number of benzene rings is 1. The Morgan fingerprint density at radius 1 is 1.30 bits per heavy atom. The van der Waals surface area contributed by atoms with Gasteiger partial charge in [-0.1, -0.05) is 25.3 Å². The van der Waals surface area contributed by atoms with Crippen LogP contribution in [0.2, 0.25) is 0 Å². The molecule has 1 aliphatic carbocycles. The molecule has 0 radical (unpaired) electrons. The molecule has 1 aliphatic rings. The molecule has 1 aromatic rings. The molecule has 0 heterocycles. The summed E-state index contributed by atoms with van der Waals surface area (Å²) in [6.07, 6.45) is 5.96. The first-order valence-corrected chi connectivity index (χ1v) is 7.40. The molecule has 1 fully saturated rings. The number of nitrogens with one attached hydrogen (secondary N) is 2. The van der Waals surface area contributed by atoms with Crippen molar-refractivity contribution in [2.45, 2.75) is 51.1 Å². The Labute approximate surface area is 120 Å². The van der Waals surface area contributed by atoms with Crippen LogP contribution in [0.1, 0.15) is 39.0 Å². The molecule has 2 N–H and O–H groups in total. The van der Waals surface area contributed by atoms with E-state index in [-0.39, 0.29) is 11.9 Å². The van der Waals surface area contributed by atoms with Gasteiger partial charge in [-0.2, -0.15) is 0 Å². The van der Waals surface area contributed by atoms with E-state index in [0.717, 1.165) is 24.3 Å². The minimum Gasteiger partial charge on any atom is -0.497 e. The molecule has 1 aromatic carbocycles. The second-order valence-corrected chi connectivity index (χ2v) is 5.44. The maximum absolute atomic E-state index is 12.2. The molecule has 20 heavy (non-hydrogen) atoms. The van der Waals surface area contributed by atoms with E-state index >= 15 is 0 Å². The number of rotatable bonds is 5. The van der Waals surface area contributed by atoms with E-state index < -0.39 is 0 Å². The second kappa shape index (κ2) is 7.17. The van der Waals surface area contributed by atoms with Gasteiger partial charge in [0.15, 0.2) is 0 Å². The third-order valence-corrected chi connectivity index (χ3v) is 3.80. The van der Waals surface area contributed by atoms with Crippen LogP contribution in [0, 0.1) is 0 Å². The van der Waals surface area contributed by atoms with Gasteiger partial charge in [-0.3, -0.25) is 4.79 Å². The van der Waals surface area contributed by atoms with Gasteiger partial charge in [0.2, 0.25) is 5.91 Å². The Kier molecular flexibility index (Phi) is 5.27. The number of anilines is 1. The second-order valence-electron chi connectivity index (χ2n) is 5.44. The Balaban J connectivity index is 1.86. The van der Waals surface area contributed by atoms with Crippen molar-refractivity contribution in [2.75, 3.05) is 12.4 Å². The van der Waals surface area contributed by atoms with Crippen molar-refractivity contribution in [3.05, 3.63) is 24.3 Å². The van der Waals surface area contributed by atoms with Crippen molar-refractivity contribution in [3.8, 4) is 5.75 Å². The highest BCUT2D eigenvalue weighted by atomic mass is 16.5. The number of ether oxygens (including phenoxy) is 1. The van der Waals surface area contributed by atoms with Crippen molar-refractivity contribution in [1.29, 1.82) is 0 Å². The van der Waals surface area contributed by atoms with Crippen LogP contribution in [0.25, 0.3) is 0 Å². The van der Waals surface area contributed by atoms with Crippen LogP contribution in [0.15, 0.2) is 24.3 Å². The van der Waals surface area contributed by atoms with Crippen LogP contribution in [-0.2, 0) is 4.79 Å². The van der Waals surface area contributed by atoms with Gasteiger partial charge in [-0.05, 0) is 31.9 Å². The fraction of sp³-hybridized carbons (Fsp3) is 0.562. The molecule has 2 rings (SSSR count). The summed E-state index contributed by atoms with van der Waals surface area (Å²) in [6.45, 7) is 1.89. The molecule has 4 heteroatoms. The van der Waals surface area contributed by atoms with Crippen molar-refractivity contribution >= 4 is 11.6 Å². The standard InChI is InChI=1S/C16H24N2O2/c1-12(16(19)18-13-7-4-3-5-8-13)17-14-9-6-10-15(11-14)20-2/h6,9-13,17H,3-5,7-8H2,1-2H3,(H,18,19). The van der Waals surface area contributed by atoms with Crippen LogP contribution in [0.4, 0.5) is 5.69 Å². The first-order chi connectivity index (χ1) is 9.69. The SMILES string of the molecule is COc1cccc(NC(C)C(=O)NC2CCCCC2)c1. The zero-order valence-electron chi connectivity index (χ0n) is 12.3. The van der Waals surface area contributed by atoms with Crippen molar-refractivity contribution < 1.29 is 9.53 Å². The maximum Gasteiger partial charge on any atom is 0.242 e. The Hall–Kier alpha value is -1.71. The van der Waals surface area contributed by atoms with Gasteiger partial charge in [0.25, 0.3) is 0 Å². The molecular weight excluding hydrogens is 252 g/mol. The molecule has 1 amide bonds. The van der Waals surface area contributed by atoms with Crippen LogP contribution in [-0.4, -0.2) is 25.1 Å². The largest absolute Gasteiger partial charge is 0.497 e. The lowest BCUT2D eigenvalue weighted by molar-refractivity contribution is -0.122. The number of carbonyl (C=O) groups excluding carboxylic acids is 1. The molecule has 1 unspecified atom stereocenters. The molecular formula is C16H24N2O2. The minimum atomic E-state index is -0.246. The van der Waals surface area contributed by atoms with Gasteiger partial charge in [0.1, 0.15) is 11.8 Å². The van der Waals surface area contributed by atoms with Crippen molar-refractivity contribution in [2.24, 2.45) is 0 Å². The van der Waals surface area contributed by atoms with E-state index in [4.69, 9.17) is 4.74 Å². The number of methoxy groups -OCH3 is 1. The fourth-order valence-electron chi connectivity index (χ4n) is 2.60. The summed E-state index contributed by atoms with van der Waals surface area (Å²) in [5, 5.41) is 6.35. The van der Waals surface area contributed by atoms with E-state index in [2.05, 4.69) is 10.6 Å². The van der Waals surface area contributed by atoms with Crippen molar-refractivity contribution in [1.82, 2.24) is 5.32 Å². The van der Waals surface area contributed by atoms with Crippen molar-refractivity contribution in [3.63, 3.8) is 0 Å². The molecule has 0 spiro atoms. The average molecular weight is 276 g/mol. The van der Waals surface area contributed by atoms with Gasteiger partial charge in [-0.15, -0.1) is 0 Å². The topological polar surface area (TPSA) is 50.4 Å². The monoisotopic (exact) mass is 276 g/mol. The summed E-state index contributed by atoms with van der Waals surface area (Å²) in [4.78, 5) is 12.2. The van der Waals surface area contributed by atoms with Gasteiger partial charge in [0.05, 0.1) is 7.11 Å². The number of hydrogen-bond acceptors (Lipinski definition) is 3. The Morgan fingerprint density at radius 2 is 2.05 bits per heavy atom. The van der Waals surface area contributed by atoms with E-state index in [1.54, 1.807) is 7.11 Å². The third kappa shape index (κ3) is 4.15. The number of hydrogen-bond donors (Lipinski definition) is 2. The first kappa shape index (κ1) is 14.7. The van der Waals surface area contributed by atoms with E-state index in [1.165, 1.54) is 19.3 Å². The lowest BCUT2D eigenvalue weighted by Gasteiger charge is -2.25. The summed E-state index contributed by atoms with van der Waals surface area (Å²) in [5.41, 5.74) is 0.899. The number of carbonyl (C=O) groups is 1. The number of amides is 1. The molecule has 0 bridgehead atoms. The lowest BCUT2D eigenvalue weighted by Crippen LogP contribution is -2.43. The lowest BCUT2D eigenvalue weighted by atomic mass is 9.95. The molecule has 1 saturated carbocycles. The van der Waals surface area contributed by atoms with Gasteiger partial charge >= 0.3 is 0 Å². The molecule has 0 aromatic heterocycles. The van der Waals surface area contributed by atoms with E-state index in [0.29, 0.717) is 6.04 Å². The molecule has 0 saturated heterocycles. The zero-order chi connectivity index (χ0) is 14.4. The highest BCUT2D eigenvalue weighted by Gasteiger charge is 2.19. The van der Waals surface area contributed by atoms with E-state index in [1.807, 2.05) is 31.2 Å². The average Bonchev–Trinajstić information content (AvgIpc) is 2.48. The Bertz CT molecular complexity index is 442. The smallest absolute Gasteiger partial charge is 0.242 e. The van der Waals surface area contributed by atoms with Gasteiger partial charge in [0, 0.05) is 17.8 Å². The molecule has 0 aliphatic heterocycles. The van der Waals surface area contributed by atoms with Crippen LogP contribution >= 0.6 is 0 Å². The van der Waals surface area contributed by atoms with E-state index in [9.17, 15) is 4.79 Å². The predicted octanol–water partition coefficient (Wildman–Crippen LogP) is 2.94. The summed E-state index contributed by atoms with van der Waals surface area (Å²) in [5.74, 6) is 0.856. The molecule has 4 nitrogen and oxygen atoms in total. The maximum atomic E-state index is 12.2. The zero-order valence-corrected chi connectivity index (χ0v) is 12.3. The molecule has 110 valence electrons. The summed E-state index contributed by atoms with van der Waals surface area (Å²) >= 11 is 0. The highest BCUT2D eigenvalue weighted by Crippen LogP contribution is 2.19. The highest BCUT2D eigenvalue weighted by molar-refractivity contribution is 5.84. The summed E-state index contributed by atoms with van der Waals surface area (Å²) in [6, 6.07) is 7.73. The minimum absolute atomic E-state index is 0.0692. The third-order valence-electron chi connectivity index (χ3n) is 3.80.